The third-order valence-electron chi connectivity index (χ3n) is 4.64. The molecule has 28 heavy (non-hydrogen) atoms. The highest BCUT2D eigenvalue weighted by Crippen LogP contribution is 2.32. The molecule has 1 aliphatic heterocycles. The van der Waals surface area contributed by atoms with Crippen molar-refractivity contribution < 1.29 is 8.42 Å². The third-order valence-corrected chi connectivity index (χ3v) is 8.51. The molecular weight excluding hydrogens is 480 g/mol. The predicted octanol–water partition coefficient (Wildman–Crippen LogP) is 5.07. The highest BCUT2D eigenvalue weighted by molar-refractivity contribution is 9.11. The molecule has 0 aliphatic carbocycles. The maximum absolute atomic E-state index is 12.8. The van der Waals surface area contributed by atoms with Crippen molar-refractivity contribution in [3.63, 3.8) is 0 Å². The molecule has 1 N–H and O–H groups in total. The molecule has 1 unspecified atom stereocenters. The van der Waals surface area contributed by atoms with E-state index in [9.17, 15) is 8.42 Å². The minimum absolute atomic E-state index is 0.236. The maximum atomic E-state index is 12.8. The fourth-order valence-corrected chi connectivity index (χ4v) is 6.92. The first-order valence-corrected chi connectivity index (χ1v) is 12.2. The second-order valence-corrected chi connectivity index (χ2v) is 11.6. The smallest absolute Gasteiger partial charge is 0.250 e. The van der Waals surface area contributed by atoms with Gasteiger partial charge in [0.1, 0.15) is 4.21 Å². The number of anilines is 1. The average molecular weight is 498 g/mol. The van der Waals surface area contributed by atoms with E-state index in [0.29, 0.717) is 28.7 Å². The van der Waals surface area contributed by atoms with Crippen LogP contribution in [0.2, 0.25) is 5.02 Å². The Bertz CT molecular complexity index is 1090. The molecular formula is C20H18BrClN2O2S2. The van der Waals surface area contributed by atoms with Gasteiger partial charge in [-0.1, -0.05) is 41.9 Å². The molecule has 0 saturated carbocycles. The van der Waals surface area contributed by atoms with E-state index in [4.69, 9.17) is 11.6 Å². The number of rotatable bonds is 5. The summed E-state index contributed by atoms with van der Waals surface area (Å²) >= 11 is 10.7. The Hall–Kier alpha value is -1.38. The highest BCUT2D eigenvalue weighted by atomic mass is 79.9. The second kappa shape index (κ2) is 8.16. The fraction of sp³-hybridized carbons (Fsp3) is 0.200. The van der Waals surface area contributed by atoms with Gasteiger partial charge in [0, 0.05) is 29.8 Å². The molecule has 146 valence electrons. The number of nitrogens with one attached hydrogen (secondary N) is 1. The van der Waals surface area contributed by atoms with Crippen LogP contribution in [0.15, 0.2) is 68.7 Å². The number of benzene rings is 2. The Labute approximate surface area is 182 Å². The number of thiophene rings is 1. The number of sulfonamides is 1. The van der Waals surface area contributed by atoms with Crippen molar-refractivity contribution in [3.8, 4) is 0 Å². The lowest BCUT2D eigenvalue weighted by Gasteiger charge is -2.36. The highest BCUT2D eigenvalue weighted by Gasteiger charge is 2.29. The van der Waals surface area contributed by atoms with E-state index in [2.05, 4.69) is 37.7 Å². The fourth-order valence-electron chi connectivity index (χ4n) is 3.47. The van der Waals surface area contributed by atoms with Crippen molar-refractivity contribution in [2.45, 2.75) is 23.2 Å². The summed E-state index contributed by atoms with van der Waals surface area (Å²) in [6.07, 6.45) is 0.604. The van der Waals surface area contributed by atoms with E-state index in [0.717, 1.165) is 15.0 Å². The van der Waals surface area contributed by atoms with Crippen molar-refractivity contribution in [3.05, 3.63) is 80.6 Å². The molecule has 2 heterocycles. The molecule has 1 aliphatic rings. The molecule has 4 nitrogen and oxygen atoms in total. The van der Waals surface area contributed by atoms with E-state index in [1.54, 1.807) is 12.1 Å². The van der Waals surface area contributed by atoms with E-state index in [-0.39, 0.29) is 6.04 Å². The Morgan fingerprint density at radius 2 is 1.93 bits per heavy atom. The largest absolute Gasteiger partial charge is 0.365 e. The van der Waals surface area contributed by atoms with Crippen LogP contribution in [0.1, 0.15) is 11.1 Å². The van der Waals surface area contributed by atoms with Crippen molar-refractivity contribution in [1.29, 1.82) is 0 Å². The molecule has 0 fully saturated rings. The van der Waals surface area contributed by atoms with Gasteiger partial charge in [0.2, 0.25) is 10.0 Å². The summed E-state index contributed by atoms with van der Waals surface area (Å²) in [5.74, 6) is 0. The zero-order valence-electron chi connectivity index (χ0n) is 14.8. The average Bonchev–Trinajstić information content (AvgIpc) is 3.09. The predicted molar refractivity (Wildman–Crippen MR) is 119 cm³/mol. The van der Waals surface area contributed by atoms with Gasteiger partial charge >= 0.3 is 0 Å². The lowest BCUT2D eigenvalue weighted by Crippen LogP contribution is -2.47. The lowest BCUT2D eigenvalue weighted by molar-refractivity contribution is 0.526. The molecule has 2 aromatic carbocycles. The summed E-state index contributed by atoms with van der Waals surface area (Å²) in [5.41, 5.74) is 3.33. The molecule has 0 spiro atoms. The van der Waals surface area contributed by atoms with Crippen LogP contribution in [-0.2, 0) is 23.0 Å². The number of halogens is 2. The van der Waals surface area contributed by atoms with Gasteiger partial charge in [-0.2, -0.15) is 0 Å². The first kappa shape index (κ1) is 19.9. The van der Waals surface area contributed by atoms with Crippen LogP contribution >= 0.6 is 38.9 Å². The zero-order valence-corrected chi connectivity index (χ0v) is 18.8. The molecule has 1 atom stereocenters. The Morgan fingerprint density at radius 1 is 1.14 bits per heavy atom. The van der Waals surface area contributed by atoms with E-state index in [1.807, 2.05) is 36.4 Å². The first-order chi connectivity index (χ1) is 13.4. The Morgan fingerprint density at radius 3 is 2.64 bits per heavy atom. The van der Waals surface area contributed by atoms with Gasteiger partial charge in [-0.15, -0.1) is 11.3 Å². The van der Waals surface area contributed by atoms with Crippen molar-refractivity contribution in [1.82, 2.24) is 4.72 Å². The van der Waals surface area contributed by atoms with E-state index >= 15 is 0 Å². The summed E-state index contributed by atoms with van der Waals surface area (Å²) in [6.45, 7) is 1.30. The Kier molecular flexibility index (Phi) is 5.81. The van der Waals surface area contributed by atoms with Crippen molar-refractivity contribution in [2.24, 2.45) is 0 Å². The molecule has 0 amide bonds. The number of hydrogen-bond donors (Lipinski definition) is 1. The summed E-state index contributed by atoms with van der Waals surface area (Å²) in [7, 11) is -3.57. The topological polar surface area (TPSA) is 49.4 Å². The molecule has 0 bridgehead atoms. The van der Waals surface area contributed by atoms with E-state index < -0.39 is 10.0 Å². The molecule has 4 rings (SSSR count). The quantitative estimate of drug-likeness (QED) is 0.535. The van der Waals surface area contributed by atoms with Gasteiger partial charge < -0.3 is 4.90 Å². The van der Waals surface area contributed by atoms with Gasteiger partial charge in [0.15, 0.2) is 0 Å². The number of nitrogens with zero attached hydrogens (tertiary/aromatic N) is 1. The van der Waals surface area contributed by atoms with Gasteiger partial charge in [-0.25, -0.2) is 13.1 Å². The maximum Gasteiger partial charge on any atom is 0.250 e. The molecule has 0 radical (unpaired) electrons. The number of hydrogen-bond acceptors (Lipinski definition) is 4. The monoisotopic (exact) mass is 496 g/mol. The minimum atomic E-state index is -3.57. The Balaban J connectivity index is 1.61. The van der Waals surface area contributed by atoms with Crippen LogP contribution in [0.4, 0.5) is 5.69 Å². The van der Waals surface area contributed by atoms with Crippen LogP contribution in [0.3, 0.4) is 0 Å². The van der Waals surface area contributed by atoms with E-state index in [1.165, 1.54) is 16.9 Å². The molecule has 1 aromatic heterocycles. The van der Waals surface area contributed by atoms with Crippen LogP contribution in [0, 0.1) is 0 Å². The SMILES string of the molecule is O=S(=O)(NC1Cc2cc(Cl)ccc2N(Cc2ccccc2)C1)c1ccc(Br)s1. The minimum Gasteiger partial charge on any atom is -0.365 e. The standard InChI is InChI=1S/C20H18BrClN2O2S2/c21-19-8-9-20(27-19)28(25,26)23-17-11-15-10-16(22)6-7-18(15)24(13-17)12-14-4-2-1-3-5-14/h1-10,17,23H,11-13H2. The third kappa shape index (κ3) is 4.44. The van der Waals surface area contributed by atoms with Crippen LogP contribution in [0.25, 0.3) is 0 Å². The van der Waals surface area contributed by atoms with Crippen molar-refractivity contribution in [2.75, 3.05) is 11.4 Å². The van der Waals surface area contributed by atoms with Crippen LogP contribution in [-0.4, -0.2) is 21.0 Å². The van der Waals surface area contributed by atoms with Crippen molar-refractivity contribution >= 4 is 54.6 Å². The summed E-state index contributed by atoms with van der Waals surface area (Å²) in [5, 5.41) is 0.657. The molecule has 0 saturated heterocycles. The number of fused-ring (bicyclic) bond motifs is 1. The first-order valence-electron chi connectivity index (χ1n) is 8.76. The summed E-state index contributed by atoms with van der Waals surface area (Å²) in [6, 6.07) is 19.1. The summed E-state index contributed by atoms with van der Waals surface area (Å²) in [4.78, 5) is 2.21. The molecule has 3 aromatic rings. The van der Waals surface area contributed by atoms with Gasteiger partial charge in [-0.3, -0.25) is 0 Å². The zero-order chi connectivity index (χ0) is 19.7. The summed E-state index contributed by atoms with van der Waals surface area (Å²) < 4.78 is 29.6. The second-order valence-electron chi connectivity index (χ2n) is 6.72. The van der Waals surface area contributed by atoms with Gasteiger partial charge in [-0.05, 0) is 63.8 Å². The normalized spacial score (nSPS) is 16.8. The molecule has 8 heteroatoms. The van der Waals surface area contributed by atoms with Crippen LogP contribution < -0.4 is 9.62 Å². The van der Waals surface area contributed by atoms with Gasteiger partial charge in [0.05, 0.1) is 3.79 Å². The van der Waals surface area contributed by atoms with Crippen LogP contribution in [0.5, 0.6) is 0 Å². The lowest BCUT2D eigenvalue weighted by atomic mass is 9.98. The van der Waals surface area contributed by atoms with Gasteiger partial charge in [0.25, 0.3) is 0 Å².